The van der Waals surface area contributed by atoms with Crippen molar-refractivity contribution in [3.63, 3.8) is 0 Å². The summed E-state index contributed by atoms with van der Waals surface area (Å²) < 4.78 is 0. The fourth-order valence-electron chi connectivity index (χ4n) is 8.15. The number of hydrogen-bond acceptors (Lipinski definition) is 11. The molecule has 2 aromatic heterocycles. The van der Waals surface area contributed by atoms with Gasteiger partial charge in [-0.15, -0.1) is 0 Å². The first kappa shape index (κ1) is 44.0. The highest BCUT2D eigenvalue weighted by molar-refractivity contribution is 6.16. The lowest BCUT2D eigenvalue weighted by molar-refractivity contribution is 0.100. The minimum Gasteiger partial charge on any atom is -0.285 e. The topological polar surface area (TPSA) is 163 Å². The molecule has 11 heteroatoms. The van der Waals surface area contributed by atoms with E-state index in [4.69, 9.17) is 0 Å². The van der Waals surface area contributed by atoms with Crippen molar-refractivity contribution in [2.45, 2.75) is 0 Å². The van der Waals surface area contributed by atoms with E-state index in [0.29, 0.717) is 22.3 Å². The number of rotatable bonds is 14. The van der Waals surface area contributed by atoms with Crippen molar-refractivity contribution < 1.29 is 24.0 Å². The molecule has 332 valence electrons. The molecular weight excluding hydrogens is 873 g/mol. The summed E-state index contributed by atoms with van der Waals surface area (Å²) in [7, 11) is 0. The number of nitrogens with zero attached hydrogens (tertiary/aromatic N) is 6. The minimum absolute atomic E-state index is 0.191. The number of ketones is 5. The summed E-state index contributed by atoms with van der Waals surface area (Å²) in [5.74, 6) is -7.39. The van der Waals surface area contributed by atoms with Crippen LogP contribution in [0.3, 0.4) is 0 Å². The zero-order chi connectivity index (χ0) is 48.0. The van der Waals surface area contributed by atoms with Crippen molar-refractivity contribution in [1.82, 2.24) is 29.9 Å². The Hall–Kier alpha value is -9.87. The summed E-state index contributed by atoms with van der Waals surface area (Å²) >= 11 is 0. The van der Waals surface area contributed by atoms with E-state index in [1.54, 1.807) is 97.1 Å². The molecule has 0 atom stereocenters. The minimum atomic E-state index is -1.11. The Morgan fingerprint density at radius 2 is 0.371 bits per heavy atom. The second kappa shape index (κ2) is 19.5. The Bertz CT molecular complexity index is 3180. The van der Waals surface area contributed by atoms with Crippen LogP contribution in [0.15, 0.2) is 218 Å². The van der Waals surface area contributed by atoms with Crippen LogP contribution in [0.2, 0.25) is 0 Å². The first-order chi connectivity index (χ1) is 34.3. The Morgan fingerprint density at radius 1 is 0.200 bits per heavy atom. The molecule has 0 aliphatic rings. The molecule has 0 spiro atoms. The molecule has 0 aliphatic carbocycles. The van der Waals surface area contributed by atoms with Gasteiger partial charge in [-0.1, -0.05) is 218 Å². The second-order valence-electron chi connectivity index (χ2n) is 15.9. The van der Waals surface area contributed by atoms with Crippen LogP contribution in [0.5, 0.6) is 0 Å². The van der Waals surface area contributed by atoms with Crippen LogP contribution in [0, 0.1) is 0 Å². The van der Waals surface area contributed by atoms with Crippen molar-refractivity contribution in [1.29, 1.82) is 0 Å². The molecule has 2 heterocycles. The highest BCUT2D eigenvalue weighted by atomic mass is 16.2. The lowest BCUT2D eigenvalue weighted by Crippen LogP contribution is -2.24. The van der Waals surface area contributed by atoms with Gasteiger partial charge in [0, 0.05) is 22.3 Å². The highest BCUT2D eigenvalue weighted by Crippen LogP contribution is 2.30. The molecule has 0 saturated carbocycles. The molecule has 10 rings (SSSR count). The van der Waals surface area contributed by atoms with Gasteiger partial charge in [0.25, 0.3) is 5.78 Å². The summed E-state index contributed by atoms with van der Waals surface area (Å²) in [6, 6.07) is 64.2. The van der Waals surface area contributed by atoms with Gasteiger partial charge in [0.2, 0.25) is 58.1 Å². The SMILES string of the molecule is O=C(c1nc(C(=O)c2ccccc2-c2ccccc2)nc(C(=O)c2ccccc2-c2ccccc2)n1)c1nc(C(=O)c2ccccc2-c2ccccc2)nc(C(=O)c2ccccc2-c2ccccc2)n1. The van der Waals surface area contributed by atoms with E-state index in [9.17, 15) is 19.2 Å². The van der Waals surface area contributed by atoms with Crippen LogP contribution in [0.1, 0.15) is 81.2 Å². The van der Waals surface area contributed by atoms with Crippen molar-refractivity contribution in [3.8, 4) is 44.5 Å². The summed E-state index contributed by atoms with van der Waals surface area (Å²) in [4.78, 5) is 101. The number of benzene rings is 8. The van der Waals surface area contributed by atoms with Crippen LogP contribution >= 0.6 is 0 Å². The summed E-state index contributed by atoms with van der Waals surface area (Å²) in [6.07, 6.45) is 0. The fourth-order valence-corrected chi connectivity index (χ4v) is 8.15. The summed E-state index contributed by atoms with van der Waals surface area (Å²) in [5, 5.41) is 0. The lowest BCUT2D eigenvalue weighted by atomic mass is 9.96. The predicted molar refractivity (Wildman–Crippen MR) is 264 cm³/mol. The van der Waals surface area contributed by atoms with Gasteiger partial charge in [-0.25, -0.2) is 29.9 Å². The number of aromatic nitrogens is 6. The van der Waals surface area contributed by atoms with Crippen LogP contribution in [0.4, 0.5) is 0 Å². The molecule has 0 unspecified atom stereocenters. The van der Waals surface area contributed by atoms with E-state index in [0.717, 1.165) is 22.3 Å². The smallest absolute Gasteiger partial charge is 0.267 e. The molecule has 0 aliphatic heterocycles. The number of hydrogen-bond donors (Lipinski definition) is 0. The van der Waals surface area contributed by atoms with Gasteiger partial charge in [0.1, 0.15) is 0 Å². The monoisotopic (exact) mass is 908 g/mol. The molecule has 11 nitrogen and oxygen atoms in total. The van der Waals surface area contributed by atoms with Crippen molar-refractivity contribution in [3.05, 3.63) is 276 Å². The van der Waals surface area contributed by atoms with Crippen molar-refractivity contribution >= 4 is 28.9 Å². The van der Waals surface area contributed by atoms with Gasteiger partial charge in [0.15, 0.2) is 0 Å². The normalized spacial score (nSPS) is 10.9. The summed E-state index contributed by atoms with van der Waals surface area (Å²) in [5.41, 5.74) is 5.90. The molecule has 8 aromatic carbocycles. The van der Waals surface area contributed by atoms with Gasteiger partial charge in [0.05, 0.1) is 0 Å². The third kappa shape index (κ3) is 8.88. The Balaban J connectivity index is 1.15. The quantitative estimate of drug-likeness (QED) is 0.0954. The molecule has 10 aromatic rings. The first-order valence-corrected chi connectivity index (χ1v) is 22.2. The van der Waals surface area contributed by atoms with E-state index in [1.807, 2.05) is 121 Å². The fraction of sp³-hybridized carbons (Fsp3) is 0. The lowest BCUT2D eigenvalue weighted by Gasteiger charge is -2.12. The van der Waals surface area contributed by atoms with Crippen molar-refractivity contribution in [2.75, 3.05) is 0 Å². The molecule has 0 fully saturated rings. The number of carbonyl (C=O) groups excluding carboxylic acids is 5. The average Bonchev–Trinajstić information content (AvgIpc) is 3.44. The number of carbonyl (C=O) groups is 5. The van der Waals surface area contributed by atoms with Gasteiger partial charge in [-0.05, 0) is 44.5 Å². The van der Waals surface area contributed by atoms with Gasteiger partial charge in [-0.3, -0.25) is 24.0 Å². The third-order valence-electron chi connectivity index (χ3n) is 11.5. The Morgan fingerprint density at radius 3 is 0.586 bits per heavy atom. The van der Waals surface area contributed by atoms with E-state index in [1.165, 1.54) is 0 Å². The molecule has 70 heavy (non-hydrogen) atoms. The van der Waals surface area contributed by atoms with E-state index >= 15 is 4.79 Å². The van der Waals surface area contributed by atoms with Crippen LogP contribution in [-0.4, -0.2) is 58.8 Å². The van der Waals surface area contributed by atoms with E-state index in [2.05, 4.69) is 29.9 Å². The van der Waals surface area contributed by atoms with Gasteiger partial charge in [-0.2, -0.15) is 0 Å². The molecule has 0 radical (unpaired) electrons. The third-order valence-corrected chi connectivity index (χ3v) is 11.5. The second-order valence-corrected chi connectivity index (χ2v) is 15.9. The Labute approximate surface area is 401 Å². The molecular formula is C59H36N6O5. The maximum absolute atomic E-state index is 15.1. The first-order valence-electron chi connectivity index (χ1n) is 22.2. The Kier molecular flexibility index (Phi) is 12.3. The van der Waals surface area contributed by atoms with Crippen LogP contribution in [-0.2, 0) is 0 Å². The van der Waals surface area contributed by atoms with Gasteiger partial charge < -0.3 is 0 Å². The largest absolute Gasteiger partial charge is 0.285 e. The highest BCUT2D eigenvalue weighted by Gasteiger charge is 2.30. The standard InChI is InChI=1S/C59H36N6O5/c66-49(45-33-17-13-29-41(45)37-21-5-1-6-22-37)54-60-55(50(67)46-34-18-14-30-42(46)38-23-7-2-8-24-38)63-58(62-54)53(70)59-64-56(51(68)47-35-19-15-31-43(47)39-25-9-3-10-26-39)61-57(65-59)52(69)48-36-20-16-32-44(48)40-27-11-4-12-28-40/h1-36H. The van der Waals surface area contributed by atoms with Crippen LogP contribution < -0.4 is 0 Å². The van der Waals surface area contributed by atoms with E-state index < -0.39 is 63.9 Å². The van der Waals surface area contributed by atoms with Crippen molar-refractivity contribution in [2.24, 2.45) is 0 Å². The van der Waals surface area contributed by atoms with Crippen LogP contribution in [0.25, 0.3) is 44.5 Å². The maximum atomic E-state index is 15.1. The maximum Gasteiger partial charge on any atom is 0.267 e. The predicted octanol–water partition coefficient (Wildman–Crippen LogP) is 10.9. The molecule has 0 amide bonds. The zero-order valence-corrected chi connectivity index (χ0v) is 37.0. The van der Waals surface area contributed by atoms with Gasteiger partial charge >= 0.3 is 0 Å². The molecule has 0 saturated heterocycles. The summed E-state index contributed by atoms with van der Waals surface area (Å²) in [6.45, 7) is 0. The molecule has 0 bridgehead atoms. The molecule has 0 N–H and O–H groups in total. The zero-order valence-electron chi connectivity index (χ0n) is 37.0. The van der Waals surface area contributed by atoms with E-state index in [-0.39, 0.29) is 22.3 Å². The average molecular weight is 909 g/mol.